The van der Waals surface area contributed by atoms with E-state index in [0.29, 0.717) is 17.1 Å². The van der Waals surface area contributed by atoms with E-state index < -0.39 is 41.5 Å². The second-order valence-corrected chi connectivity index (χ2v) is 13.9. The van der Waals surface area contributed by atoms with Crippen LogP contribution in [0, 0.1) is 11.8 Å². The fourth-order valence-corrected chi connectivity index (χ4v) is 6.29. The van der Waals surface area contributed by atoms with Crippen LogP contribution in [0.1, 0.15) is 72.8 Å². The molecule has 0 amide bonds. The lowest BCUT2D eigenvalue weighted by Gasteiger charge is -2.31. The van der Waals surface area contributed by atoms with Gasteiger partial charge in [-0.25, -0.2) is 0 Å². The number of carbonyl (C=O) groups excluding carboxylic acids is 1. The highest BCUT2D eigenvalue weighted by molar-refractivity contribution is 6.30. The number of benzene rings is 1. The van der Waals surface area contributed by atoms with Crippen LogP contribution in [0.3, 0.4) is 0 Å². The van der Waals surface area contributed by atoms with E-state index in [-0.39, 0.29) is 49.4 Å². The van der Waals surface area contributed by atoms with Crippen LogP contribution in [0.25, 0.3) is 0 Å². The Labute approximate surface area is 279 Å². The summed E-state index contributed by atoms with van der Waals surface area (Å²) in [5.41, 5.74) is -1.06. The first-order chi connectivity index (χ1) is 21.6. The SMILES string of the molecule is CC[C@H](OC)[C@@H](C)[C@H]1O[C@@H]1C(NCc1ccc(Cl)cc1)[C@](C)(O)/C=C/C=C(\C)[C@H]1OC(=O)C[C@H](O)CC[C@@](C)(O)[C@@H](O)/C=C/[C@@H]1C. The van der Waals surface area contributed by atoms with E-state index in [1.54, 1.807) is 38.3 Å². The Morgan fingerprint density at radius 3 is 2.54 bits per heavy atom. The van der Waals surface area contributed by atoms with Crippen molar-refractivity contribution in [3.63, 3.8) is 0 Å². The summed E-state index contributed by atoms with van der Waals surface area (Å²) in [6, 6.07) is 7.09. The lowest BCUT2D eigenvalue weighted by atomic mass is 9.87. The van der Waals surface area contributed by atoms with Gasteiger partial charge < -0.3 is 40.0 Å². The van der Waals surface area contributed by atoms with Crippen LogP contribution < -0.4 is 5.32 Å². The van der Waals surface area contributed by atoms with Gasteiger partial charge in [0.2, 0.25) is 0 Å². The van der Waals surface area contributed by atoms with Crippen LogP contribution in [0.15, 0.2) is 60.2 Å². The number of carbonyl (C=O) groups is 1. The predicted octanol–water partition coefficient (Wildman–Crippen LogP) is 4.64. The van der Waals surface area contributed by atoms with Crippen molar-refractivity contribution in [3.05, 3.63) is 70.8 Å². The molecule has 2 aliphatic heterocycles. The highest BCUT2D eigenvalue weighted by atomic mass is 35.5. The van der Waals surface area contributed by atoms with Gasteiger partial charge in [-0.15, -0.1) is 0 Å². The zero-order chi connectivity index (χ0) is 34.2. The van der Waals surface area contributed by atoms with Crippen LogP contribution in [-0.2, 0) is 25.5 Å². The van der Waals surface area contributed by atoms with Gasteiger partial charge in [-0.2, -0.15) is 0 Å². The highest BCUT2D eigenvalue weighted by Crippen LogP contribution is 2.39. The van der Waals surface area contributed by atoms with Gasteiger partial charge in [0.15, 0.2) is 0 Å². The molecule has 3 rings (SSSR count). The maximum absolute atomic E-state index is 12.7. The molecule has 5 N–H and O–H groups in total. The number of ether oxygens (including phenoxy) is 3. The van der Waals surface area contributed by atoms with Crippen molar-refractivity contribution in [2.45, 2.75) is 128 Å². The summed E-state index contributed by atoms with van der Waals surface area (Å²) in [5.74, 6) is -0.770. The van der Waals surface area contributed by atoms with E-state index in [9.17, 15) is 25.2 Å². The van der Waals surface area contributed by atoms with Crippen molar-refractivity contribution >= 4 is 17.6 Å². The molecule has 258 valence electrons. The number of aliphatic hydroxyl groups is 4. The van der Waals surface area contributed by atoms with Crippen molar-refractivity contribution in [1.82, 2.24) is 5.32 Å². The number of cyclic esters (lactones) is 1. The molecule has 0 saturated carbocycles. The number of rotatable bonds is 12. The molecule has 1 aromatic rings. The second-order valence-electron chi connectivity index (χ2n) is 13.4. The third kappa shape index (κ3) is 10.7. The topological polar surface area (TPSA) is 141 Å². The van der Waals surface area contributed by atoms with Crippen LogP contribution in [0.5, 0.6) is 0 Å². The number of esters is 1. The molecular formula is C36H54ClNO8. The van der Waals surface area contributed by atoms with Crippen LogP contribution in [0.4, 0.5) is 0 Å². The van der Waals surface area contributed by atoms with Gasteiger partial charge in [-0.1, -0.05) is 74.9 Å². The molecule has 1 aromatic carbocycles. The zero-order valence-electron chi connectivity index (χ0n) is 28.2. The summed E-state index contributed by atoms with van der Waals surface area (Å²) in [7, 11) is 1.70. The summed E-state index contributed by atoms with van der Waals surface area (Å²) in [6.07, 6.45) is 6.21. The van der Waals surface area contributed by atoms with Gasteiger partial charge in [0, 0.05) is 30.5 Å². The molecule has 0 aliphatic carbocycles. The van der Waals surface area contributed by atoms with Crippen molar-refractivity contribution in [3.8, 4) is 0 Å². The quantitative estimate of drug-likeness (QED) is 0.0936. The molecule has 9 nitrogen and oxygen atoms in total. The average Bonchev–Trinajstić information content (AvgIpc) is 3.78. The number of allylic oxidation sites excluding steroid dienone is 2. The van der Waals surface area contributed by atoms with E-state index in [1.165, 1.54) is 13.0 Å². The van der Waals surface area contributed by atoms with Gasteiger partial charge >= 0.3 is 5.97 Å². The predicted molar refractivity (Wildman–Crippen MR) is 179 cm³/mol. The number of hydrogen-bond acceptors (Lipinski definition) is 9. The largest absolute Gasteiger partial charge is 0.457 e. The fraction of sp³-hybridized carbons (Fsp3) is 0.639. The van der Waals surface area contributed by atoms with E-state index in [0.717, 1.165) is 12.0 Å². The first-order valence-electron chi connectivity index (χ1n) is 16.3. The van der Waals surface area contributed by atoms with Crippen LogP contribution in [-0.4, -0.2) is 87.4 Å². The Morgan fingerprint density at radius 2 is 1.91 bits per heavy atom. The maximum atomic E-state index is 12.7. The summed E-state index contributed by atoms with van der Waals surface area (Å²) >= 11 is 6.07. The monoisotopic (exact) mass is 663 g/mol. The molecule has 46 heavy (non-hydrogen) atoms. The first-order valence-corrected chi connectivity index (χ1v) is 16.7. The molecule has 0 spiro atoms. The molecule has 0 bridgehead atoms. The van der Waals surface area contributed by atoms with E-state index in [2.05, 4.69) is 19.2 Å². The number of halogens is 1. The third-order valence-electron chi connectivity index (χ3n) is 9.37. The van der Waals surface area contributed by atoms with Crippen LogP contribution >= 0.6 is 11.6 Å². The smallest absolute Gasteiger partial charge is 0.309 e. The van der Waals surface area contributed by atoms with E-state index in [4.69, 9.17) is 25.8 Å². The molecule has 0 aromatic heterocycles. The second kappa shape index (κ2) is 16.8. The summed E-state index contributed by atoms with van der Waals surface area (Å²) < 4.78 is 17.6. The molecule has 1 saturated heterocycles. The van der Waals surface area contributed by atoms with Crippen molar-refractivity contribution in [2.24, 2.45) is 11.8 Å². The molecule has 2 aliphatic rings. The van der Waals surface area contributed by atoms with Crippen LogP contribution in [0.2, 0.25) is 5.02 Å². The molecule has 1 unspecified atom stereocenters. The van der Waals surface area contributed by atoms with Crippen molar-refractivity contribution in [2.75, 3.05) is 7.11 Å². The minimum Gasteiger partial charge on any atom is -0.457 e. The number of nitrogens with one attached hydrogen (secondary N) is 1. The molecular weight excluding hydrogens is 610 g/mol. The van der Waals surface area contributed by atoms with Gasteiger partial charge in [-0.3, -0.25) is 4.79 Å². The Morgan fingerprint density at radius 1 is 1.24 bits per heavy atom. The first kappa shape index (κ1) is 38.4. The normalized spacial score (nSPS) is 33.7. The lowest BCUT2D eigenvalue weighted by Crippen LogP contribution is -2.52. The summed E-state index contributed by atoms with van der Waals surface area (Å²) in [6.45, 7) is 11.6. The third-order valence-corrected chi connectivity index (χ3v) is 9.62. The zero-order valence-corrected chi connectivity index (χ0v) is 29.0. The summed E-state index contributed by atoms with van der Waals surface area (Å²) in [4.78, 5) is 12.7. The Balaban J connectivity index is 1.83. The van der Waals surface area contributed by atoms with Gasteiger partial charge in [0.05, 0.1) is 42.0 Å². The number of epoxide rings is 1. The van der Waals surface area contributed by atoms with Gasteiger partial charge in [0.25, 0.3) is 0 Å². The summed E-state index contributed by atoms with van der Waals surface area (Å²) in [5, 5.41) is 47.5. The lowest BCUT2D eigenvalue weighted by molar-refractivity contribution is -0.151. The standard InChI is InChI=1S/C36H54ClNO8/c1-8-28(44-7)24(4)32-33(46-32)34(38-21-25-12-14-26(37)15-13-25)36(6,43)18-9-10-22(2)31-23(3)11-16-29(40)35(5,42)19-17-27(39)20-30(41)45-31/h9-16,18,23-24,27-29,31-34,38-40,42-43H,8,17,19-21H2,1-7H3/b16-11+,18-9+,22-10+/t23-,24+,27+,28-,29-,31+,32+,33-,34?,35+,36+/m0/s1. The molecule has 11 atom stereocenters. The fourth-order valence-electron chi connectivity index (χ4n) is 6.17. The molecule has 1 fully saturated rings. The highest BCUT2D eigenvalue weighted by Gasteiger charge is 2.54. The molecule has 2 heterocycles. The molecule has 0 radical (unpaired) electrons. The van der Waals surface area contributed by atoms with Gasteiger partial charge in [-0.05, 0) is 63.3 Å². The number of hydrogen-bond donors (Lipinski definition) is 5. The maximum Gasteiger partial charge on any atom is 0.309 e. The Bertz CT molecular complexity index is 1210. The van der Waals surface area contributed by atoms with Gasteiger partial charge in [0.1, 0.15) is 18.3 Å². The van der Waals surface area contributed by atoms with E-state index in [1.807, 2.05) is 38.1 Å². The number of methoxy groups -OCH3 is 1. The minimum absolute atomic E-state index is 0.0380. The average molecular weight is 664 g/mol. The van der Waals surface area contributed by atoms with E-state index >= 15 is 0 Å². The van der Waals surface area contributed by atoms with Crippen molar-refractivity contribution < 1.29 is 39.4 Å². The Hall–Kier alpha value is -2.08. The number of aliphatic hydroxyl groups excluding tert-OH is 2. The Kier molecular flexibility index (Phi) is 14.0. The molecule has 10 heteroatoms. The van der Waals surface area contributed by atoms with Crippen molar-refractivity contribution in [1.29, 1.82) is 0 Å². The minimum atomic E-state index is -1.45.